The Bertz CT molecular complexity index is 1370. The summed E-state index contributed by atoms with van der Waals surface area (Å²) in [6.45, 7) is 6.72. The van der Waals surface area contributed by atoms with E-state index in [9.17, 15) is 13.2 Å². The van der Waals surface area contributed by atoms with E-state index in [2.05, 4.69) is 26.0 Å². The lowest BCUT2D eigenvalue weighted by molar-refractivity contribution is 0.0650. The molecule has 2 fully saturated rings. The zero-order valence-electron chi connectivity index (χ0n) is 21.5. The number of benzene rings is 1. The highest BCUT2D eigenvalue weighted by Gasteiger charge is 2.33. The lowest BCUT2D eigenvalue weighted by atomic mass is 9.93. The number of carbonyl (C=O) groups is 1. The first-order valence-corrected chi connectivity index (χ1v) is 15.1. The maximum absolute atomic E-state index is 14.1. The summed E-state index contributed by atoms with van der Waals surface area (Å²) >= 11 is 0. The van der Waals surface area contributed by atoms with E-state index in [0.29, 0.717) is 24.2 Å². The molecule has 0 spiro atoms. The Morgan fingerprint density at radius 3 is 2.42 bits per heavy atom. The third kappa shape index (κ3) is 4.67. The van der Waals surface area contributed by atoms with Crippen molar-refractivity contribution in [2.45, 2.75) is 77.8 Å². The molecule has 1 aliphatic heterocycles. The van der Waals surface area contributed by atoms with E-state index in [0.717, 1.165) is 54.4 Å². The summed E-state index contributed by atoms with van der Waals surface area (Å²) in [6, 6.07) is 10.2. The Labute approximate surface area is 213 Å². The molecule has 1 saturated carbocycles. The molecule has 5 rings (SSSR count). The number of fused-ring (bicyclic) bond motifs is 1. The Morgan fingerprint density at radius 1 is 1.08 bits per heavy atom. The van der Waals surface area contributed by atoms with Crippen LogP contribution in [-0.2, 0) is 16.3 Å². The minimum absolute atomic E-state index is 0.0184. The predicted molar refractivity (Wildman–Crippen MR) is 143 cm³/mol. The van der Waals surface area contributed by atoms with E-state index < -0.39 is 9.84 Å². The number of nitrogens with zero attached hydrogens (tertiary/aromatic N) is 4. The number of aromatic nitrogens is 3. The second-order valence-corrected chi connectivity index (χ2v) is 12.5. The quantitative estimate of drug-likeness (QED) is 0.461. The number of rotatable bonds is 6. The van der Waals surface area contributed by atoms with Crippen molar-refractivity contribution in [1.82, 2.24) is 19.7 Å². The van der Waals surface area contributed by atoms with E-state index in [4.69, 9.17) is 10.1 Å². The van der Waals surface area contributed by atoms with Crippen molar-refractivity contribution in [1.29, 1.82) is 0 Å². The molecular weight excluding hydrogens is 472 g/mol. The van der Waals surface area contributed by atoms with Crippen LogP contribution >= 0.6 is 0 Å². The van der Waals surface area contributed by atoms with Gasteiger partial charge in [0, 0.05) is 18.2 Å². The summed E-state index contributed by atoms with van der Waals surface area (Å²) in [7, 11) is -3.10. The summed E-state index contributed by atoms with van der Waals surface area (Å²) in [6.07, 6.45) is 7.09. The van der Waals surface area contributed by atoms with Crippen molar-refractivity contribution >= 4 is 26.8 Å². The second kappa shape index (κ2) is 9.96. The summed E-state index contributed by atoms with van der Waals surface area (Å²) in [5.74, 6) is 0.241. The van der Waals surface area contributed by atoms with Gasteiger partial charge in [0.05, 0.1) is 39.9 Å². The molecule has 1 atom stereocenters. The molecule has 3 aromatic rings. The van der Waals surface area contributed by atoms with Gasteiger partial charge in [-0.25, -0.2) is 18.1 Å². The fourth-order valence-electron chi connectivity index (χ4n) is 5.88. The van der Waals surface area contributed by atoms with Crippen LogP contribution in [0, 0.1) is 6.92 Å². The van der Waals surface area contributed by atoms with E-state index in [1.165, 1.54) is 12.0 Å². The minimum Gasteiger partial charge on any atom is -0.336 e. The highest BCUT2D eigenvalue weighted by molar-refractivity contribution is 7.91. The monoisotopic (exact) mass is 508 g/mol. The predicted octanol–water partition coefficient (Wildman–Crippen LogP) is 5.12. The Morgan fingerprint density at radius 2 is 1.81 bits per heavy atom. The Balaban J connectivity index is 1.67. The summed E-state index contributed by atoms with van der Waals surface area (Å²) < 4.78 is 26.3. The van der Waals surface area contributed by atoms with Gasteiger partial charge in [0.15, 0.2) is 15.5 Å². The van der Waals surface area contributed by atoms with Gasteiger partial charge in [-0.05, 0) is 51.2 Å². The van der Waals surface area contributed by atoms with E-state index in [-0.39, 0.29) is 29.5 Å². The normalized spacial score (nSPS) is 20.1. The van der Waals surface area contributed by atoms with Gasteiger partial charge in [0.2, 0.25) is 0 Å². The van der Waals surface area contributed by atoms with Crippen LogP contribution in [0.1, 0.15) is 80.0 Å². The van der Waals surface area contributed by atoms with E-state index in [1.54, 1.807) is 4.68 Å². The molecule has 0 radical (unpaired) electrons. The maximum atomic E-state index is 14.1. The van der Waals surface area contributed by atoms with Crippen molar-refractivity contribution in [2.75, 3.05) is 18.1 Å². The molecule has 8 heteroatoms. The standard InChI is InChI=1S/C28H36N4O3S/c1-4-20-11-13-21(14-12-20)25-17-24(28(33)31(5-2)22-9-7-6-8-10-22)26-19(3)30-32(27(26)29-25)23-15-16-36(34,35)18-23/h11-14,17,22-23H,4-10,15-16,18H2,1-3H3. The smallest absolute Gasteiger partial charge is 0.254 e. The molecule has 0 bridgehead atoms. The Hall–Kier alpha value is -2.74. The van der Waals surface area contributed by atoms with Crippen molar-refractivity contribution in [3.8, 4) is 11.3 Å². The Kier molecular flexibility index (Phi) is 6.90. The minimum atomic E-state index is -3.10. The number of pyridine rings is 1. The van der Waals surface area contributed by atoms with Crippen LogP contribution < -0.4 is 0 Å². The van der Waals surface area contributed by atoms with Crippen LogP contribution in [-0.4, -0.2) is 58.1 Å². The third-order valence-corrected chi connectivity index (χ3v) is 9.65. The molecule has 2 aromatic heterocycles. The molecule has 7 nitrogen and oxygen atoms in total. The zero-order valence-corrected chi connectivity index (χ0v) is 22.4. The molecule has 1 amide bonds. The summed E-state index contributed by atoms with van der Waals surface area (Å²) in [5, 5.41) is 5.50. The molecule has 1 aromatic carbocycles. The van der Waals surface area contributed by atoms with Gasteiger partial charge in [-0.15, -0.1) is 0 Å². The van der Waals surface area contributed by atoms with Gasteiger partial charge < -0.3 is 4.90 Å². The molecule has 36 heavy (non-hydrogen) atoms. The molecule has 1 aliphatic carbocycles. The SMILES string of the molecule is CCc1ccc(-c2cc(C(=O)N(CC)C3CCCCC3)c3c(C)nn(C4CCS(=O)(=O)C4)c3n2)cc1. The lowest BCUT2D eigenvalue weighted by Gasteiger charge is -2.34. The number of aryl methyl sites for hydroxylation is 2. The topological polar surface area (TPSA) is 85.2 Å². The molecule has 3 heterocycles. The zero-order chi connectivity index (χ0) is 25.4. The summed E-state index contributed by atoms with van der Waals surface area (Å²) in [5.41, 5.74) is 4.84. The van der Waals surface area contributed by atoms with Gasteiger partial charge >= 0.3 is 0 Å². The van der Waals surface area contributed by atoms with Gasteiger partial charge in [-0.2, -0.15) is 5.10 Å². The van der Waals surface area contributed by atoms with Crippen molar-refractivity contribution < 1.29 is 13.2 Å². The van der Waals surface area contributed by atoms with Crippen molar-refractivity contribution in [3.63, 3.8) is 0 Å². The third-order valence-electron chi connectivity index (χ3n) is 7.90. The van der Waals surface area contributed by atoms with Crippen molar-refractivity contribution in [3.05, 3.63) is 47.2 Å². The fraction of sp³-hybridized carbons (Fsp3) is 0.536. The van der Waals surface area contributed by atoms with Crippen LogP contribution in [0.3, 0.4) is 0 Å². The van der Waals surface area contributed by atoms with E-state index >= 15 is 0 Å². The largest absolute Gasteiger partial charge is 0.336 e. The van der Waals surface area contributed by atoms with Gasteiger partial charge in [-0.1, -0.05) is 50.5 Å². The number of carbonyl (C=O) groups excluding carboxylic acids is 1. The van der Waals surface area contributed by atoms with E-state index in [1.807, 2.05) is 30.0 Å². The summed E-state index contributed by atoms with van der Waals surface area (Å²) in [4.78, 5) is 21.1. The molecule has 0 N–H and O–H groups in total. The highest BCUT2D eigenvalue weighted by Crippen LogP contribution is 2.34. The van der Waals surface area contributed by atoms with Crippen LogP contribution in [0.4, 0.5) is 0 Å². The number of hydrogen-bond donors (Lipinski definition) is 0. The van der Waals surface area contributed by atoms with Crippen LogP contribution in [0.15, 0.2) is 30.3 Å². The van der Waals surface area contributed by atoms with Gasteiger partial charge in [0.25, 0.3) is 5.91 Å². The molecule has 192 valence electrons. The first-order valence-electron chi connectivity index (χ1n) is 13.3. The first kappa shape index (κ1) is 24.9. The molecule has 1 unspecified atom stereocenters. The average molecular weight is 509 g/mol. The molecule has 2 aliphatic rings. The van der Waals surface area contributed by atoms with Crippen molar-refractivity contribution in [2.24, 2.45) is 0 Å². The number of sulfone groups is 1. The van der Waals surface area contributed by atoms with Crippen LogP contribution in [0.25, 0.3) is 22.3 Å². The highest BCUT2D eigenvalue weighted by atomic mass is 32.2. The fourth-order valence-corrected chi connectivity index (χ4v) is 7.57. The number of hydrogen-bond acceptors (Lipinski definition) is 5. The molecular formula is C28H36N4O3S. The lowest BCUT2D eigenvalue weighted by Crippen LogP contribution is -2.41. The second-order valence-electron chi connectivity index (χ2n) is 10.3. The maximum Gasteiger partial charge on any atom is 0.254 e. The average Bonchev–Trinajstić information content (AvgIpc) is 3.43. The van der Waals surface area contributed by atoms with Crippen LogP contribution in [0.5, 0.6) is 0 Å². The molecule has 1 saturated heterocycles. The first-order chi connectivity index (χ1) is 17.3. The number of amides is 1. The van der Waals surface area contributed by atoms with Gasteiger partial charge in [-0.3, -0.25) is 4.79 Å². The van der Waals surface area contributed by atoms with Crippen LogP contribution in [0.2, 0.25) is 0 Å². The van der Waals surface area contributed by atoms with Gasteiger partial charge in [0.1, 0.15) is 0 Å².